The van der Waals surface area contributed by atoms with Crippen LogP contribution in [-0.2, 0) is 13.6 Å². The Morgan fingerprint density at radius 3 is 1.72 bits per heavy atom. The third-order valence-electron chi connectivity index (χ3n) is 2.40. The van der Waals surface area contributed by atoms with E-state index in [4.69, 9.17) is 24.2 Å². The van der Waals surface area contributed by atoms with Crippen molar-refractivity contribution in [2.24, 2.45) is 0 Å². The molecule has 3 N–H and O–H groups in total. The van der Waals surface area contributed by atoms with Gasteiger partial charge in [-0.3, -0.25) is 9.46 Å². The lowest BCUT2D eigenvalue weighted by Gasteiger charge is -2.26. The van der Waals surface area contributed by atoms with Crippen molar-refractivity contribution in [3.63, 3.8) is 0 Å². The van der Waals surface area contributed by atoms with Crippen LogP contribution in [0.2, 0.25) is 0 Å². The molecule has 0 bridgehead atoms. The van der Waals surface area contributed by atoms with Crippen LogP contribution in [0.25, 0.3) is 0 Å². The van der Waals surface area contributed by atoms with E-state index in [1.54, 1.807) is 27.7 Å². The SMILES string of the molecule is CCO.CCO.CCOP(=O)(CN(CCCN(C)C)CPO)OCC. The Balaban J connectivity index is -0.000000700. The lowest BCUT2D eigenvalue weighted by atomic mass is 10.4. The fraction of sp³-hybridized carbons (Fsp3) is 1.00. The Kier molecular flexibility index (Phi) is 27.0. The van der Waals surface area contributed by atoms with Crippen molar-refractivity contribution < 1.29 is 28.7 Å². The lowest BCUT2D eigenvalue weighted by molar-refractivity contribution is 0.199. The summed E-state index contributed by atoms with van der Waals surface area (Å²) in [7, 11) is 0.785. The standard InChI is InChI=1S/C11H28N2O4P2.2C2H6O/c1-5-16-19(15,17-6-2)11-13(10-18-14)9-7-8-12(3)4;2*1-2-3/h14,18H,5-11H2,1-4H3;2*3H,2H2,1H3. The summed E-state index contributed by atoms with van der Waals surface area (Å²) in [5.41, 5.74) is 0. The zero-order chi connectivity index (χ0) is 20.1. The largest absolute Gasteiger partial charge is 0.397 e. The van der Waals surface area contributed by atoms with Gasteiger partial charge in [0.25, 0.3) is 0 Å². The number of aliphatic hydroxyl groups excluding tert-OH is 2. The van der Waals surface area contributed by atoms with E-state index in [1.807, 2.05) is 19.0 Å². The number of hydrogen-bond donors (Lipinski definition) is 3. The number of nitrogens with zero attached hydrogens (tertiary/aromatic N) is 2. The van der Waals surface area contributed by atoms with Gasteiger partial charge < -0.3 is 29.1 Å². The van der Waals surface area contributed by atoms with Gasteiger partial charge in [0, 0.05) is 34.9 Å². The Morgan fingerprint density at radius 2 is 1.40 bits per heavy atom. The molecule has 8 nitrogen and oxygen atoms in total. The highest BCUT2D eigenvalue weighted by atomic mass is 31.2. The van der Waals surface area contributed by atoms with E-state index in [0.717, 1.165) is 19.5 Å². The maximum Gasteiger partial charge on any atom is 0.344 e. The average molecular weight is 406 g/mol. The molecule has 1 unspecified atom stereocenters. The van der Waals surface area contributed by atoms with Crippen molar-refractivity contribution in [1.29, 1.82) is 0 Å². The van der Waals surface area contributed by atoms with Crippen LogP contribution >= 0.6 is 16.4 Å². The maximum atomic E-state index is 12.4. The summed E-state index contributed by atoms with van der Waals surface area (Å²) < 4.78 is 23.0. The van der Waals surface area contributed by atoms with E-state index >= 15 is 0 Å². The molecule has 0 fully saturated rings. The molecule has 0 saturated heterocycles. The van der Waals surface area contributed by atoms with Crippen LogP contribution in [-0.4, -0.2) is 91.1 Å². The monoisotopic (exact) mass is 406 g/mol. The smallest absolute Gasteiger partial charge is 0.344 e. The van der Waals surface area contributed by atoms with E-state index in [9.17, 15) is 4.57 Å². The zero-order valence-corrected chi connectivity index (χ0v) is 18.7. The summed E-state index contributed by atoms with van der Waals surface area (Å²) in [5.74, 6) is 0. The van der Waals surface area contributed by atoms with Gasteiger partial charge in [-0.2, -0.15) is 0 Å². The predicted octanol–water partition coefficient (Wildman–Crippen LogP) is 2.00. The summed E-state index contributed by atoms with van der Waals surface area (Å²) in [6, 6.07) is 0. The molecule has 0 aromatic heterocycles. The summed E-state index contributed by atoms with van der Waals surface area (Å²) in [5, 5.41) is 15.1. The van der Waals surface area contributed by atoms with Gasteiger partial charge in [-0.05, 0) is 54.8 Å². The third kappa shape index (κ3) is 24.4. The van der Waals surface area contributed by atoms with Crippen LogP contribution in [0.15, 0.2) is 0 Å². The molecule has 0 heterocycles. The molecule has 25 heavy (non-hydrogen) atoms. The highest BCUT2D eigenvalue weighted by Crippen LogP contribution is 2.48. The number of rotatable bonds is 12. The minimum atomic E-state index is -3.06. The average Bonchev–Trinajstić information content (AvgIpc) is 2.49. The third-order valence-corrected chi connectivity index (χ3v) is 5.04. The van der Waals surface area contributed by atoms with Crippen LogP contribution < -0.4 is 0 Å². The molecule has 10 heteroatoms. The van der Waals surface area contributed by atoms with E-state index in [0.29, 0.717) is 19.5 Å². The van der Waals surface area contributed by atoms with Crippen LogP contribution in [0.4, 0.5) is 0 Å². The van der Waals surface area contributed by atoms with Gasteiger partial charge >= 0.3 is 7.60 Å². The molecule has 0 radical (unpaired) electrons. The van der Waals surface area contributed by atoms with Gasteiger partial charge in [0.15, 0.2) is 0 Å². The molecule has 1 atom stereocenters. The summed E-state index contributed by atoms with van der Waals surface area (Å²) in [6.07, 6.45) is 1.71. The molecule has 156 valence electrons. The molecule has 0 spiro atoms. The van der Waals surface area contributed by atoms with Crippen molar-refractivity contribution in [2.75, 3.05) is 66.2 Å². The molecular formula is C15H40N2O6P2. The molecule has 0 aliphatic carbocycles. The highest BCUT2D eigenvalue weighted by Gasteiger charge is 2.26. The fourth-order valence-corrected chi connectivity index (χ4v) is 4.08. The van der Waals surface area contributed by atoms with Crippen LogP contribution in [0.3, 0.4) is 0 Å². The van der Waals surface area contributed by atoms with E-state index in [1.165, 1.54) is 0 Å². The topological polar surface area (TPSA) is 103 Å². The molecular weight excluding hydrogens is 366 g/mol. The van der Waals surface area contributed by atoms with Crippen LogP contribution in [0, 0.1) is 0 Å². The second kappa shape index (κ2) is 22.4. The Labute approximate surface area is 155 Å². The molecule has 0 aromatic rings. The quantitative estimate of drug-likeness (QED) is 0.423. The van der Waals surface area contributed by atoms with Crippen molar-refractivity contribution >= 4 is 16.4 Å². The first-order valence-corrected chi connectivity index (χ1v) is 11.5. The van der Waals surface area contributed by atoms with Crippen molar-refractivity contribution in [3.8, 4) is 0 Å². The number of aliphatic hydroxyl groups is 2. The normalized spacial score (nSPS) is 11.5. The van der Waals surface area contributed by atoms with Crippen LogP contribution in [0.5, 0.6) is 0 Å². The Morgan fingerprint density at radius 1 is 0.960 bits per heavy atom. The Bertz CT molecular complexity index is 287. The minimum Gasteiger partial charge on any atom is -0.397 e. The summed E-state index contributed by atoms with van der Waals surface area (Å²) >= 11 is 0. The van der Waals surface area contributed by atoms with E-state index < -0.39 is 7.60 Å². The molecule has 0 aromatic carbocycles. The van der Waals surface area contributed by atoms with Gasteiger partial charge in [0.2, 0.25) is 0 Å². The second-order valence-corrected chi connectivity index (χ2v) is 7.74. The van der Waals surface area contributed by atoms with Gasteiger partial charge in [-0.25, -0.2) is 0 Å². The molecule has 0 aliphatic heterocycles. The first-order chi connectivity index (χ1) is 11.8. The van der Waals surface area contributed by atoms with E-state index in [-0.39, 0.29) is 28.3 Å². The molecule has 0 saturated carbocycles. The highest BCUT2D eigenvalue weighted by molar-refractivity contribution is 7.53. The van der Waals surface area contributed by atoms with E-state index in [2.05, 4.69) is 4.90 Å². The fourth-order valence-electron chi connectivity index (χ4n) is 1.67. The molecule has 0 amide bonds. The first-order valence-electron chi connectivity index (χ1n) is 8.64. The molecule has 0 rings (SSSR count). The van der Waals surface area contributed by atoms with Crippen molar-refractivity contribution in [2.45, 2.75) is 34.1 Å². The Hall–Kier alpha value is 0.380. The minimum absolute atomic E-state index is 0.186. The zero-order valence-electron chi connectivity index (χ0n) is 16.8. The first kappa shape index (κ1) is 30.1. The van der Waals surface area contributed by atoms with Gasteiger partial charge in [0.05, 0.1) is 13.2 Å². The second-order valence-electron chi connectivity index (χ2n) is 5.09. The van der Waals surface area contributed by atoms with Gasteiger partial charge in [-0.1, -0.05) is 0 Å². The van der Waals surface area contributed by atoms with Crippen molar-refractivity contribution in [1.82, 2.24) is 9.80 Å². The lowest BCUT2D eigenvalue weighted by Crippen LogP contribution is -2.28. The predicted molar refractivity (Wildman–Crippen MR) is 107 cm³/mol. The van der Waals surface area contributed by atoms with Crippen LogP contribution in [0.1, 0.15) is 34.1 Å². The maximum absolute atomic E-state index is 12.4. The number of hydrogen-bond acceptors (Lipinski definition) is 8. The summed E-state index contributed by atoms with van der Waals surface area (Å²) in [6.45, 7) is 9.93. The van der Waals surface area contributed by atoms with Gasteiger partial charge in [-0.15, -0.1) is 0 Å². The summed E-state index contributed by atoms with van der Waals surface area (Å²) in [4.78, 5) is 13.2. The van der Waals surface area contributed by atoms with Gasteiger partial charge in [0.1, 0.15) is 6.29 Å². The molecule has 0 aliphatic rings. The van der Waals surface area contributed by atoms with Crippen molar-refractivity contribution in [3.05, 3.63) is 0 Å².